The average molecular weight is 271 g/mol. The van der Waals surface area contributed by atoms with Gasteiger partial charge in [0.15, 0.2) is 0 Å². The lowest BCUT2D eigenvalue weighted by Gasteiger charge is -2.27. The van der Waals surface area contributed by atoms with Crippen LogP contribution in [0.1, 0.15) is 31.1 Å². The van der Waals surface area contributed by atoms with E-state index in [4.69, 9.17) is 5.11 Å². The van der Waals surface area contributed by atoms with Gasteiger partial charge in [0.05, 0.1) is 5.56 Å². The Morgan fingerprint density at radius 2 is 1.84 bits per heavy atom. The van der Waals surface area contributed by atoms with Crippen molar-refractivity contribution in [2.24, 2.45) is 5.41 Å². The van der Waals surface area contributed by atoms with Crippen molar-refractivity contribution in [3.63, 3.8) is 0 Å². The van der Waals surface area contributed by atoms with Crippen molar-refractivity contribution < 1.29 is 23.5 Å². The van der Waals surface area contributed by atoms with Gasteiger partial charge in [0.25, 0.3) is 5.91 Å². The fourth-order valence-corrected chi connectivity index (χ4v) is 1.53. The lowest BCUT2D eigenvalue weighted by Crippen LogP contribution is -2.49. The van der Waals surface area contributed by atoms with Crippen molar-refractivity contribution >= 4 is 11.9 Å². The van der Waals surface area contributed by atoms with Crippen LogP contribution in [0.2, 0.25) is 0 Å². The first-order chi connectivity index (χ1) is 8.62. The maximum Gasteiger partial charge on any atom is 0.326 e. The Bertz CT molecular complexity index is 509. The lowest BCUT2D eigenvalue weighted by atomic mass is 9.86. The van der Waals surface area contributed by atoms with E-state index in [0.717, 1.165) is 18.2 Å². The standard InChI is InChI=1S/C13H15F2NO3/c1-13(2,3)10(12(18)19)16-11(17)8-6-7(14)4-5-9(8)15/h4-6,10H,1-3H3,(H,16,17)(H,18,19)/t10-/m0/s1. The van der Waals surface area contributed by atoms with Crippen LogP contribution in [0.4, 0.5) is 8.78 Å². The summed E-state index contributed by atoms with van der Waals surface area (Å²) in [4.78, 5) is 22.9. The van der Waals surface area contributed by atoms with E-state index in [0.29, 0.717) is 0 Å². The largest absolute Gasteiger partial charge is 0.480 e. The second-order valence-electron chi connectivity index (χ2n) is 5.23. The Hall–Kier alpha value is -1.98. The number of carboxylic acid groups (broad SMARTS) is 1. The van der Waals surface area contributed by atoms with E-state index in [1.807, 2.05) is 0 Å². The number of benzene rings is 1. The predicted molar refractivity (Wildman–Crippen MR) is 64.7 cm³/mol. The van der Waals surface area contributed by atoms with Crippen molar-refractivity contribution in [1.29, 1.82) is 0 Å². The molecule has 0 saturated carbocycles. The topological polar surface area (TPSA) is 66.4 Å². The number of amides is 1. The van der Waals surface area contributed by atoms with Gasteiger partial charge in [0, 0.05) is 0 Å². The van der Waals surface area contributed by atoms with Crippen molar-refractivity contribution in [2.45, 2.75) is 26.8 Å². The van der Waals surface area contributed by atoms with Gasteiger partial charge in [-0.05, 0) is 23.6 Å². The normalized spacial score (nSPS) is 12.9. The van der Waals surface area contributed by atoms with Gasteiger partial charge in [-0.25, -0.2) is 13.6 Å². The number of rotatable bonds is 3. The minimum Gasteiger partial charge on any atom is -0.480 e. The molecule has 0 aliphatic carbocycles. The molecule has 1 atom stereocenters. The molecule has 19 heavy (non-hydrogen) atoms. The molecular weight excluding hydrogens is 256 g/mol. The Labute approximate surface area is 109 Å². The number of carbonyl (C=O) groups excluding carboxylic acids is 1. The van der Waals surface area contributed by atoms with Gasteiger partial charge in [-0.1, -0.05) is 20.8 Å². The van der Waals surface area contributed by atoms with E-state index in [1.165, 1.54) is 0 Å². The Morgan fingerprint density at radius 1 is 1.26 bits per heavy atom. The summed E-state index contributed by atoms with van der Waals surface area (Å²) in [5, 5.41) is 11.2. The summed E-state index contributed by atoms with van der Waals surface area (Å²) in [6, 6.07) is 1.22. The summed E-state index contributed by atoms with van der Waals surface area (Å²) in [7, 11) is 0. The number of nitrogens with one attached hydrogen (secondary N) is 1. The van der Waals surface area contributed by atoms with Gasteiger partial charge in [-0.2, -0.15) is 0 Å². The zero-order chi connectivity index (χ0) is 14.8. The number of carboxylic acids is 1. The first-order valence-electron chi connectivity index (χ1n) is 5.61. The molecule has 2 N–H and O–H groups in total. The summed E-state index contributed by atoms with van der Waals surface area (Å²) < 4.78 is 26.4. The van der Waals surface area contributed by atoms with E-state index in [2.05, 4.69) is 5.32 Å². The number of halogens is 2. The molecule has 6 heteroatoms. The summed E-state index contributed by atoms with van der Waals surface area (Å²) in [6.45, 7) is 4.86. The molecule has 1 rings (SSSR count). The highest BCUT2D eigenvalue weighted by atomic mass is 19.1. The molecule has 0 heterocycles. The van der Waals surface area contributed by atoms with Gasteiger partial charge in [0.1, 0.15) is 17.7 Å². The lowest BCUT2D eigenvalue weighted by molar-refractivity contribution is -0.142. The van der Waals surface area contributed by atoms with Crippen molar-refractivity contribution in [2.75, 3.05) is 0 Å². The molecular formula is C13H15F2NO3. The van der Waals surface area contributed by atoms with E-state index in [1.54, 1.807) is 20.8 Å². The van der Waals surface area contributed by atoms with Gasteiger partial charge in [-0.3, -0.25) is 4.79 Å². The molecule has 1 amide bonds. The maximum absolute atomic E-state index is 13.4. The van der Waals surface area contributed by atoms with Crippen LogP contribution in [0.15, 0.2) is 18.2 Å². The second kappa shape index (κ2) is 5.34. The molecule has 0 bridgehead atoms. The highest BCUT2D eigenvalue weighted by Crippen LogP contribution is 2.20. The van der Waals surface area contributed by atoms with E-state index in [-0.39, 0.29) is 0 Å². The fourth-order valence-electron chi connectivity index (χ4n) is 1.53. The molecule has 0 unspecified atom stereocenters. The van der Waals surface area contributed by atoms with Gasteiger partial charge < -0.3 is 10.4 Å². The van der Waals surface area contributed by atoms with Crippen molar-refractivity contribution in [1.82, 2.24) is 5.32 Å². The van der Waals surface area contributed by atoms with Crippen LogP contribution in [-0.2, 0) is 4.79 Å². The monoisotopic (exact) mass is 271 g/mol. The summed E-state index contributed by atoms with van der Waals surface area (Å²) in [5.74, 6) is -3.87. The fraction of sp³-hybridized carbons (Fsp3) is 0.385. The third-order valence-corrected chi connectivity index (χ3v) is 2.56. The molecule has 0 aliphatic rings. The van der Waals surface area contributed by atoms with Gasteiger partial charge >= 0.3 is 5.97 Å². The Balaban J connectivity index is 3.01. The van der Waals surface area contributed by atoms with Gasteiger partial charge in [0.2, 0.25) is 0 Å². The van der Waals surface area contributed by atoms with Crippen molar-refractivity contribution in [3.05, 3.63) is 35.4 Å². The second-order valence-corrected chi connectivity index (χ2v) is 5.23. The molecule has 0 saturated heterocycles. The Morgan fingerprint density at radius 3 is 2.32 bits per heavy atom. The average Bonchev–Trinajstić information content (AvgIpc) is 2.26. The van der Waals surface area contributed by atoms with Crippen LogP contribution in [0.3, 0.4) is 0 Å². The molecule has 1 aromatic carbocycles. The number of aliphatic carboxylic acids is 1. The molecule has 1 aromatic rings. The highest BCUT2D eigenvalue weighted by molar-refractivity contribution is 5.97. The van der Waals surface area contributed by atoms with Crippen LogP contribution in [0.5, 0.6) is 0 Å². The van der Waals surface area contributed by atoms with Crippen molar-refractivity contribution in [3.8, 4) is 0 Å². The van der Waals surface area contributed by atoms with E-state index >= 15 is 0 Å². The Kier molecular flexibility index (Phi) is 4.24. The zero-order valence-electron chi connectivity index (χ0n) is 10.8. The predicted octanol–water partition coefficient (Wildman–Crippen LogP) is 2.19. The minimum atomic E-state index is -1.24. The van der Waals surface area contributed by atoms with E-state index < -0.39 is 40.5 Å². The molecule has 0 aromatic heterocycles. The van der Waals surface area contributed by atoms with Crippen LogP contribution < -0.4 is 5.32 Å². The molecule has 0 aliphatic heterocycles. The molecule has 0 fully saturated rings. The molecule has 4 nitrogen and oxygen atoms in total. The van der Waals surface area contributed by atoms with E-state index in [9.17, 15) is 18.4 Å². The third kappa shape index (κ3) is 3.74. The van der Waals surface area contributed by atoms with Crippen LogP contribution in [0, 0.1) is 17.0 Å². The summed E-state index contributed by atoms with van der Waals surface area (Å²) >= 11 is 0. The summed E-state index contributed by atoms with van der Waals surface area (Å²) in [5.41, 5.74) is -1.28. The third-order valence-electron chi connectivity index (χ3n) is 2.56. The summed E-state index contributed by atoms with van der Waals surface area (Å²) in [6.07, 6.45) is 0. The quantitative estimate of drug-likeness (QED) is 0.885. The number of hydrogen-bond acceptors (Lipinski definition) is 2. The molecule has 0 spiro atoms. The smallest absolute Gasteiger partial charge is 0.326 e. The van der Waals surface area contributed by atoms with Crippen LogP contribution >= 0.6 is 0 Å². The first kappa shape index (κ1) is 15.1. The SMILES string of the molecule is CC(C)(C)[C@@H](NC(=O)c1cc(F)ccc1F)C(=O)O. The van der Waals surface area contributed by atoms with Crippen LogP contribution in [0.25, 0.3) is 0 Å². The minimum absolute atomic E-state index is 0.518. The number of hydrogen-bond donors (Lipinski definition) is 2. The zero-order valence-corrected chi connectivity index (χ0v) is 10.8. The van der Waals surface area contributed by atoms with Gasteiger partial charge in [-0.15, -0.1) is 0 Å². The highest BCUT2D eigenvalue weighted by Gasteiger charge is 2.33. The number of carbonyl (C=O) groups is 2. The molecule has 0 radical (unpaired) electrons. The maximum atomic E-state index is 13.4. The molecule has 104 valence electrons. The van der Waals surface area contributed by atoms with Crippen LogP contribution in [-0.4, -0.2) is 23.0 Å². The first-order valence-corrected chi connectivity index (χ1v) is 5.61.